The largest absolute Gasteiger partial charge is 0.497 e. The maximum Gasteiger partial charge on any atom is 0.248 e. The quantitative estimate of drug-likeness (QED) is 0.671. The predicted octanol–water partition coefficient (Wildman–Crippen LogP) is 4.15. The molecule has 1 N–H and O–H groups in total. The van der Waals surface area contributed by atoms with Crippen molar-refractivity contribution in [2.24, 2.45) is 0 Å². The van der Waals surface area contributed by atoms with E-state index in [9.17, 15) is 4.79 Å². The van der Waals surface area contributed by atoms with Crippen LogP contribution in [0.25, 0.3) is 6.08 Å². The van der Waals surface area contributed by atoms with Crippen molar-refractivity contribution in [3.8, 4) is 23.0 Å². The molecule has 0 fully saturated rings. The Balaban J connectivity index is 2.17. The Morgan fingerprint density at radius 2 is 1.59 bits per heavy atom. The van der Waals surface area contributed by atoms with Gasteiger partial charge in [-0.15, -0.1) is 0 Å². The minimum atomic E-state index is -0.286. The first-order valence-corrected chi connectivity index (χ1v) is 8.71. The van der Waals surface area contributed by atoms with E-state index in [1.165, 1.54) is 6.08 Å². The molecule has 2 rings (SSSR count). The van der Waals surface area contributed by atoms with Crippen molar-refractivity contribution in [3.05, 3.63) is 48.0 Å². The normalized spacial score (nSPS) is 10.5. The van der Waals surface area contributed by atoms with E-state index in [2.05, 4.69) is 5.32 Å². The molecular formula is C21H25NO5. The van der Waals surface area contributed by atoms with E-state index in [4.69, 9.17) is 18.9 Å². The lowest BCUT2D eigenvalue weighted by molar-refractivity contribution is -0.111. The highest BCUT2D eigenvalue weighted by molar-refractivity contribution is 6.03. The van der Waals surface area contributed by atoms with Gasteiger partial charge in [0.2, 0.25) is 5.91 Å². The van der Waals surface area contributed by atoms with Gasteiger partial charge in [0.1, 0.15) is 23.0 Å². The molecule has 0 aromatic heterocycles. The van der Waals surface area contributed by atoms with E-state index in [1.54, 1.807) is 38.5 Å². The third-order valence-electron chi connectivity index (χ3n) is 3.62. The highest BCUT2D eigenvalue weighted by Gasteiger charge is 2.08. The summed E-state index contributed by atoms with van der Waals surface area (Å²) in [5.74, 6) is 2.27. The van der Waals surface area contributed by atoms with Crippen molar-refractivity contribution < 1.29 is 23.7 Å². The summed E-state index contributed by atoms with van der Waals surface area (Å²) in [5, 5.41) is 2.83. The van der Waals surface area contributed by atoms with Gasteiger partial charge in [-0.25, -0.2) is 0 Å². The van der Waals surface area contributed by atoms with Gasteiger partial charge in [-0.05, 0) is 49.8 Å². The van der Waals surface area contributed by atoms with Gasteiger partial charge >= 0.3 is 0 Å². The van der Waals surface area contributed by atoms with Crippen LogP contribution in [0.3, 0.4) is 0 Å². The molecule has 0 saturated carbocycles. The van der Waals surface area contributed by atoms with Crippen molar-refractivity contribution in [1.82, 2.24) is 0 Å². The van der Waals surface area contributed by atoms with Gasteiger partial charge in [0.05, 0.1) is 33.1 Å². The van der Waals surface area contributed by atoms with Gasteiger partial charge in [0.25, 0.3) is 0 Å². The van der Waals surface area contributed by atoms with Gasteiger partial charge in [0.15, 0.2) is 0 Å². The third kappa shape index (κ3) is 5.95. The molecule has 1 amide bonds. The summed E-state index contributed by atoms with van der Waals surface area (Å²) in [7, 11) is 3.16. The van der Waals surface area contributed by atoms with Crippen molar-refractivity contribution in [2.45, 2.75) is 13.8 Å². The summed E-state index contributed by atoms with van der Waals surface area (Å²) in [4.78, 5) is 12.4. The lowest BCUT2D eigenvalue weighted by atomic mass is 10.2. The number of nitrogens with one attached hydrogen (secondary N) is 1. The van der Waals surface area contributed by atoms with E-state index in [0.717, 1.165) is 5.56 Å². The number of amides is 1. The molecule has 6 nitrogen and oxygen atoms in total. The van der Waals surface area contributed by atoms with Crippen LogP contribution in [0.15, 0.2) is 42.5 Å². The molecule has 27 heavy (non-hydrogen) atoms. The lowest BCUT2D eigenvalue weighted by Gasteiger charge is -2.12. The van der Waals surface area contributed by atoms with Gasteiger partial charge in [-0.1, -0.05) is 0 Å². The topological polar surface area (TPSA) is 66.0 Å². The van der Waals surface area contributed by atoms with Crippen LogP contribution in [0.4, 0.5) is 5.69 Å². The van der Waals surface area contributed by atoms with E-state index in [1.807, 2.05) is 32.0 Å². The van der Waals surface area contributed by atoms with Crippen molar-refractivity contribution >= 4 is 17.7 Å². The smallest absolute Gasteiger partial charge is 0.248 e. The molecule has 0 radical (unpaired) electrons. The highest BCUT2D eigenvalue weighted by Crippen LogP contribution is 2.29. The monoisotopic (exact) mass is 371 g/mol. The number of hydrogen-bond donors (Lipinski definition) is 1. The molecule has 0 aliphatic heterocycles. The van der Waals surface area contributed by atoms with Crippen LogP contribution >= 0.6 is 0 Å². The van der Waals surface area contributed by atoms with Crippen molar-refractivity contribution in [1.29, 1.82) is 0 Å². The van der Waals surface area contributed by atoms with E-state index >= 15 is 0 Å². The SMILES string of the molecule is CCOc1ccc(OCC)c(NC(=O)/C=C/c2cc(OC)cc(OC)c2)c1. The molecule has 0 atom stereocenters. The van der Waals surface area contributed by atoms with Gasteiger partial charge in [-0.2, -0.15) is 0 Å². The first kappa shape index (κ1) is 20.2. The molecule has 0 spiro atoms. The van der Waals surface area contributed by atoms with E-state index in [0.29, 0.717) is 41.9 Å². The number of carbonyl (C=O) groups excluding carboxylic acids is 1. The molecular weight excluding hydrogens is 346 g/mol. The van der Waals surface area contributed by atoms with Crippen LogP contribution in [0.1, 0.15) is 19.4 Å². The summed E-state index contributed by atoms with van der Waals surface area (Å²) in [6, 6.07) is 10.7. The number of rotatable bonds is 9. The van der Waals surface area contributed by atoms with Crippen LogP contribution < -0.4 is 24.3 Å². The van der Waals surface area contributed by atoms with Crippen molar-refractivity contribution in [3.63, 3.8) is 0 Å². The maximum atomic E-state index is 12.4. The molecule has 144 valence electrons. The molecule has 0 unspecified atom stereocenters. The predicted molar refractivity (Wildman–Crippen MR) is 106 cm³/mol. The second-order valence-corrected chi connectivity index (χ2v) is 5.49. The average Bonchev–Trinajstić information content (AvgIpc) is 2.68. The number of hydrogen-bond acceptors (Lipinski definition) is 5. The van der Waals surface area contributed by atoms with Crippen LogP contribution in [0, 0.1) is 0 Å². The molecule has 0 aliphatic rings. The Morgan fingerprint density at radius 1 is 0.926 bits per heavy atom. The zero-order valence-corrected chi connectivity index (χ0v) is 16.1. The Kier molecular flexibility index (Phi) is 7.55. The highest BCUT2D eigenvalue weighted by atomic mass is 16.5. The van der Waals surface area contributed by atoms with Crippen LogP contribution in [0.5, 0.6) is 23.0 Å². The number of benzene rings is 2. The van der Waals surface area contributed by atoms with Crippen LogP contribution in [-0.4, -0.2) is 33.3 Å². The van der Waals surface area contributed by atoms with Gasteiger partial charge < -0.3 is 24.3 Å². The Hall–Kier alpha value is -3.15. The number of ether oxygens (including phenoxy) is 4. The Bertz CT molecular complexity index is 779. The molecule has 0 aliphatic carbocycles. The molecule has 2 aromatic rings. The fourth-order valence-corrected chi connectivity index (χ4v) is 2.42. The average molecular weight is 371 g/mol. The summed E-state index contributed by atoms with van der Waals surface area (Å²) >= 11 is 0. The first-order valence-electron chi connectivity index (χ1n) is 8.71. The second-order valence-electron chi connectivity index (χ2n) is 5.49. The summed E-state index contributed by atoms with van der Waals surface area (Å²) in [5.41, 5.74) is 1.34. The molecule has 2 aromatic carbocycles. The van der Waals surface area contributed by atoms with Crippen molar-refractivity contribution in [2.75, 3.05) is 32.8 Å². The fraction of sp³-hybridized carbons (Fsp3) is 0.286. The molecule has 0 saturated heterocycles. The summed E-state index contributed by atoms with van der Waals surface area (Å²) in [6.45, 7) is 4.83. The zero-order chi connectivity index (χ0) is 19.6. The summed E-state index contributed by atoms with van der Waals surface area (Å²) in [6.07, 6.45) is 3.13. The van der Waals surface area contributed by atoms with Gasteiger partial charge in [0, 0.05) is 18.2 Å². The van der Waals surface area contributed by atoms with Crippen LogP contribution in [0.2, 0.25) is 0 Å². The number of methoxy groups -OCH3 is 2. The maximum absolute atomic E-state index is 12.4. The van der Waals surface area contributed by atoms with E-state index < -0.39 is 0 Å². The third-order valence-corrected chi connectivity index (χ3v) is 3.62. The number of carbonyl (C=O) groups is 1. The molecule has 0 bridgehead atoms. The molecule has 0 heterocycles. The first-order chi connectivity index (χ1) is 13.1. The standard InChI is InChI=1S/C21H25NO5/c1-5-26-16-8-9-20(27-6-2)19(14-16)22-21(23)10-7-15-11-17(24-3)13-18(12-15)25-4/h7-14H,5-6H2,1-4H3,(H,22,23)/b10-7+. The van der Waals surface area contributed by atoms with Gasteiger partial charge in [-0.3, -0.25) is 4.79 Å². The second kappa shape index (κ2) is 10.1. The minimum Gasteiger partial charge on any atom is -0.497 e. The van der Waals surface area contributed by atoms with E-state index in [-0.39, 0.29) is 5.91 Å². The zero-order valence-electron chi connectivity index (χ0n) is 16.1. The Morgan fingerprint density at radius 3 is 2.19 bits per heavy atom. The molecule has 6 heteroatoms. The number of anilines is 1. The minimum absolute atomic E-state index is 0.286. The summed E-state index contributed by atoms with van der Waals surface area (Å²) < 4.78 is 21.5. The fourth-order valence-electron chi connectivity index (χ4n) is 2.42. The van der Waals surface area contributed by atoms with Crippen LogP contribution in [-0.2, 0) is 4.79 Å². The Labute approximate surface area is 159 Å². The lowest BCUT2D eigenvalue weighted by Crippen LogP contribution is -2.10.